The Balaban J connectivity index is 1.55. The van der Waals surface area contributed by atoms with Gasteiger partial charge in [0.05, 0.1) is 6.61 Å². The Bertz CT molecular complexity index is 606. The molecule has 0 aliphatic heterocycles. The predicted octanol–water partition coefficient (Wildman–Crippen LogP) is 3.61. The van der Waals surface area contributed by atoms with E-state index in [4.69, 9.17) is 4.74 Å². The molecular weight excluding hydrogens is 258 g/mol. The number of hydrogen-bond acceptors (Lipinski definition) is 2. The van der Waals surface area contributed by atoms with E-state index in [9.17, 15) is 0 Å². The first-order valence-corrected chi connectivity index (χ1v) is 7.73. The molecule has 110 valence electrons. The van der Waals surface area contributed by atoms with E-state index in [2.05, 4.69) is 47.8 Å². The molecule has 1 aliphatic carbocycles. The zero-order valence-corrected chi connectivity index (χ0v) is 12.7. The van der Waals surface area contributed by atoms with Crippen molar-refractivity contribution in [1.29, 1.82) is 0 Å². The van der Waals surface area contributed by atoms with Crippen molar-refractivity contribution in [2.24, 2.45) is 0 Å². The van der Waals surface area contributed by atoms with E-state index in [1.165, 1.54) is 36.0 Å². The Kier molecular flexibility index (Phi) is 4.69. The normalized spacial score (nSPS) is 13.4. The SMILES string of the molecule is COCc1cccc(CNCc2ccc3c(c2)CCC3)c1. The number of nitrogens with one attached hydrogen (secondary N) is 1. The molecule has 0 atom stereocenters. The highest BCUT2D eigenvalue weighted by atomic mass is 16.5. The highest BCUT2D eigenvalue weighted by Crippen LogP contribution is 2.22. The van der Waals surface area contributed by atoms with E-state index < -0.39 is 0 Å². The fourth-order valence-electron chi connectivity index (χ4n) is 3.08. The van der Waals surface area contributed by atoms with Gasteiger partial charge in [0, 0.05) is 20.2 Å². The van der Waals surface area contributed by atoms with Crippen molar-refractivity contribution in [1.82, 2.24) is 5.32 Å². The van der Waals surface area contributed by atoms with Crippen LogP contribution < -0.4 is 5.32 Å². The topological polar surface area (TPSA) is 21.3 Å². The molecule has 3 rings (SSSR count). The monoisotopic (exact) mass is 281 g/mol. The van der Waals surface area contributed by atoms with Crippen molar-refractivity contribution in [3.05, 3.63) is 70.3 Å². The Hall–Kier alpha value is -1.64. The molecule has 0 saturated heterocycles. The lowest BCUT2D eigenvalue weighted by Crippen LogP contribution is -2.13. The summed E-state index contributed by atoms with van der Waals surface area (Å²) in [6, 6.07) is 15.5. The Morgan fingerprint density at radius 2 is 1.67 bits per heavy atom. The van der Waals surface area contributed by atoms with Gasteiger partial charge in [0.25, 0.3) is 0 Å². The van der Waals surface area contributed by atoms with Crippen LogP contribution in [0.5, 0.6) is 0 Å². The van der Waals surface area contributed by atoms with E-state index in [1.54, 1.807) is 18.2 Å². The summed E-state index contributed by atoms with van der Waals surface area (Å²) >= 11 is 0. The quantitative estimate of drug-likeness (QED) is 0.873. The molecule has 0 unspecified atom stereocenters. The number of fused-ring (bicyclic) bond motifs is 1. The molecule has 1 aliphatic rings. The van der Waals surface area contributed by atoms with Crippen LogP contribution in [0.25, 0.3) is 0 Å². The van der Waals surface area contributed by atoms with Crippen LogP contribution in [0.15, 0.2) is 42.5 Å². The van der Waals surface area contributed by atoms with Crippen molar-refractivity contribution >= 4 is 0 Å². The lowest BCUT2D eigenvalue weighted by Gasteiger charge is -2.08. The summed E-state index contributed by atoms with van der Waals surface area (Å²) in [6.07, 6.45) is 3.83. The number of ether oxygens (including phenoxy) is 1. The van der Waals surface area contributed by atoms with Gasteiger partial charge in [-0.25, -0.2) is 0 Å². The number of methoxy groups -OCH3 is 1. The van der Waals surface area contributed by atoms with E-state index in [1.807, 2.05) is 0 Å². The summed E-state index contributed by atoms with van der Waals surface area (Å²) in [5, 5.41) is 3.54. The first kappa shape index (κ1) is 14.3. The molecule has 0 spiro atoms. The first-order chi connectivity index (χ1) is 10.3. The molecule has 2 heteroatoms. The third kappa shape index (κ3) is 3.72. The third-order valence-corrected chi connectivity index (χ3v) is 4.12. The summed E-state index contributed by atoms with van der Waals surface area (Å²) in [7, 11) is 1.73. The average Bonchev–Trinajstić information content (AvgIpc) is 2.96. The van der Waals surface area contributed by atoms with Crippen molar-refractivity contribution in [2.75, 3.05) is 7.11 Å². The van der Waals surface area contributed by atoms with Crippen LogP contribution >= 0.6 is 0 Å². The second-order valence-corrected chi connectivity index (χ2v) is 5.81. The second kappa shape index (κ2) is 6.88. The average molecular weight is 281 g/mol. The van der Waals surface area contributed by atoms with Gasteiger partial charge in [0.2, 0.25) is 0 Å². The molecular formula is C19H23NO. The van der Waals surface area contributed by atoms with Gasteiger partial charge in [-0.3, -0.25) is 0 Å². The van der Waals surface area contributed by atoms with Gasteiger partial charge < -0.3 is 10.1 Å². The largest absolute Gasteiger partial charge is 0.380 e. The molecule has 0 radical (unpaired) electrons. The Morgan fingerprint density at radius 1 is 0.905 bits per heavy atom. The molecule has 0 aromatic heterocycles. The summed E-state index contributed by atoms with van der Waals surface area (Å²) in [5.41, 5.74) is 7.03. The van der Waals surface area contributed by atoms with Crippen LogP contribution in [0.1, 0.15) is 34.2 Å². The van der Waals surface area contributed by atoms with E-state index in [0.29, 0.717) is 6.61 Å². The van der Waals surface area contributed by atoms with Crippen LogP contribution in [0.2, 0.25) is 0 Å². The molecule has 0 saturated carbocycles. The molecule has 0 heterocycles. The standard InChI is InChI=1S/C19H23NO/c1-21-14-17-5-2-4-15(10-17)12-20-13-16-8-9-18-6-3-7-19(18)11-16/h2,4-5,8-11,20H,3,6-7,12-14H2,1H3. The molecule has 0 bridgehead atoms. The smallest absolute Gasteiger partial charge is 0.0713 e. The van der Waals surface area contributed by atoms with E-state index >= 15 is 0 Å². The van der Waals surface area contributed by atoms with Crippen LogP contribution in [-0.2, 0) is 37.3 Å². The Labute approximate surface area is 127 Å². The lowest BCUT2D eigenvalue weighted by atomic mass is 10.1. The highest BCUT2D eigenvalue weighted by molar-refractivity contribution is 5.35. The van der Waals surface area contributed by atoms with Crippen molar-refractivity contribution in [3.63, 3.8) is 0 Å². The molecule has 1 N–H and O–H groups in total. The molecule has 2 nitrogen and oxygen atoms in total. The minimum Gasteiger partial charge on any atom is -0.380 e. The van der Waals surface area contributed by atoms with Gasteiger partial charge in [0.1, 0.15) is 0 Å². The number of hydrogen-bond donors (Lipinski definition) is 1. The van der Waals surface area contributed by atoms with Gasteiger partial charge >= 0.3 is 0 Å². The molecule has 0 fully saturated rings. The third-order valence-electron chi connectivity index (χ3n) is 4.12. The summed E-state index contributed by atoms with van der Waals surface area (Å²) in [4.78, 5) is 0. The van der Waals surface area contributed by atoms with Gasteiger partial charge in [-0.15, -0.1) is 0 Å². The van der Waals surface area contributed by atoms with Crippen molar-refractivity contribution in [3.8, 4) is 0 Å². The zero-order valence-electron chi connectivity index (χ0n) is 12.7. The zero-order chi connectivity index (χ0) is 14.5. The fourth-order valence-corrected chi connectivity index (χ4v) is 3.08. The maximum Gasteiger partial charge on any atom is 0.0713 e. The molecule has 2 aromatic rings. The minimum atomic E-state index is 0.679. The fraction of sp³-hybridized carbons (Fsp3) is 0.368. The van der Waals surface area contributed by atoms with Crippen molar-refractivity contribution in [2.45, 2.75) is 39.0 Å². The second-order valence-electron chi connectivity index (χ2n) is 5.81. The van der Waals surface area contributed by atoms with Crippen LogP contribution in [0, 0.1) is 0 Å². The summed E-state index contributed by atoms with van der Waals surface area (Å²) in [5.74, 6) is 0. The van der Waals surface area contributed by atoms with Gasteiger partial charge in [-0.2, -0.15) is 0 Å². The molecule has 21 heavy (non-hydrogen) atoms. The number of rotatable bonds is 6. The van der Waals surface area contributed by atoms with Gasteiger partial charge in [0.15, 0.2) is 0 Å². The van der Waals surface area contributed by atoms with Crippen LogP contribution in [0.4, 0.5) is 0 Å². The van der Waals surface area contributed by atoms with Crippen molar-refractivity contribution < 1.29 is 4.74 Å². The maximum absolute atomic E-state index is 5.18. The maximum atomic E-state index is 5.18. The van der Waals surface area contributed by atoms with Crippen LogP contribution in [-0.4, -0.2) is 7.11 Å². The van der Waals surface area contributed by atoms with Gasteiger partial charge in [-0.05, 0) is 47.1 Å². The lowest BCUT2D eigenvalue weighted by molar-refractivity contribution is 0.185. The number of aryl methyl sites for hydroxylation is 2. The molecule has 2 aromatic carbocycles. The summed E-state index contributed by atoms with van der Waals surface area (Å²) < 4.78 is 5.18. The first-order valence-electron chi connectivity index (χ1n) is 7.73. The predicted molar refractivity (Wildman–Crippen MR) is 86.2 cm³/mol. The van der Waals surface area contributed by atoms with E-state index in [-0.39, 0.29) is 0 Å². The number of benzene rings is 2. The minimum absolute atomic E-state index is 0.679. The Morgan fingerprint density at radius 3 is 2.52 bits per heavy atom. The highest BCUT2D eigenvalue weighted by Gasteiger charge is 2.10. The van der Waals surface area contributed by atoms with E-state index in [0.717, 1.165) is 13.1 Å². The molecule has 0 amide bonds. The summed E-state index contributed by atoms with van der Waals surface area (Å²) in [6.45, 7) is 2.51. The van der Waals surface area contributed by atoms with Gasteiger partial charge in [-0.1, -0.05) is 42.5 Å². The van der Waals surface area contributed by atoms with Crippen LogP contribution in [0.3, 0.4) is 0 Å².